The summed E-state index contributed by atoms with van der Waals surface area (Å²) in [5.74, 6) is -0.669. The van der Waals surface area contributed by atoms with E-state index in [1.165, 1.54) is 18.4 Å². The molecule has 0 bridgehead atoms. The summed E-state index contributed by atoms with van der Waals surface area (Å²) in [6.45, 7) is 0.198. The monoisotopic (exact) mass is 448 g/mol. The van der Waals surface area contributed by atoms with Crippen LogP contribution in [0.5, 0.6) is 0 Å². The number of hydrogen-bond donors (Lipinski definition) is 2. The summed E-state index contributed by atoms with van der Waals surface area (Å²) in [7, 11) is 0. The number of carbonyl (C=O) groups excluding carboxylic acids is 2. The largest absolute Gasteiger partial charge is 0.459 e. The maximum atomic E-state index is 12.9. The van der Waals surface area contributed by atoms with Crippen LogP contribution in [0.15, 0.2) is 71.4 Å². The highest BCUT2D eigenvalue weighted by atomic mass is 35.5. The molecule has 1 heterocycles. The Bertz CT molecular complexity index is 1090. The molecule has 0 atom stereocenters. The van der Waals surface area contributed by atoms with Crippen molar-refractivity contribution in [1.82, 2.24) is 5.32 Å². The highest BCUT2D eigenvalue weighted by Crippen LogP contribution is 2.35. The van der Waals surface area contributed by atoms with E-state index in [0.29, 0.717) is 5.69 Å². The van der Waals surface area contributed by atoms with Gasteiger partial charge in [0.05, 0.1) is 16.8 Å². The van der Waals surface area contributed by atoms with E-state index in [-0.39, 0.29) is 23.8 Å². The summed E-state index contributed by atoms with van der Waals surface area (Å²) >= 11 is 5.57. The van der Waals surface area contributed by atoms with Gasteiger partial charge in [0, 0.05) is 18.3 Å². The normalized spacial score (nSPS) is 11.5. The summed E-state index contributed by atoms with van der Waals surface area (Å²) in [6, 6.07) is 13.3. The molecule has 9 heteroatoms. The van der Waals surface area contributed by atoms with E-state index in [9.17, 15) is 22.8 Å². The molecule has 0 saturated heterocycles. The van der Waals surface area contributed by atoms with E-state index in [0.717, 1.165) is 23.8 Å². The van der Waals surface area contributed by atoms with E-state index in [1.807, 2.05) is 0 Å². The highest BCUT2D eigenvalue weighted by Gasteiger charge is 2.33. The Balaban J connectivity index is 1.53. The molecule has 3 rings (SSSR count). The van der Waals surface area contributed by atoms with Crippen LogP contribution < -0.4 is 10.6 Å². The van der Waals surface area contributed by atoms with Gasteiger partial charge in [-0.15, -0.1) is 0 Å². The van der Waals surface area contributed by atoms with E-state index in [2.05, 4.69) is 10.6 Å². The Labute approximate surface area is 180 Å². The number of alkyl halides is 3. The van der Waals surface area contributed by atoms with Gasteiger partial charge in [-0.2, -0.15) is 13.2 Å². The quantitative estimate of drug-likeness (QED) is 0.487. The second-order valence-corrected chi connectivity index (χ2v) is 6.82. The lowest BCUT2D eigenvalue weighted by Crippen LogP contribution is -2.20. The molecule has 0 aliphatic heterocycles. The van der Waals surface area contributed by atoms with Gasteiger partial charge in [0.15, 0.2) is 5.76 Å². The van der Waals surface area contributed by atoms with Crippen molar-refractivity contribution < 1.29 is 27.2 Å². The fraction of sp³-hybridized carbons (Fsp3) is 0.0909. The van der Waals surface area contributed by atoms with Crippen LogP contribution in [-0.2, 0) is 17.5 Å². The van der Waals surface area contributed by atoms with Crippen LogP contribution in [0.25, 0.3) is 6.08 Å². The summed E-state index contributed by atoms with van der Waals surface area (Å²) < 4.78 is 43.7. The predicted molar refractivity (Wildman–Crippen MR) is 110 cm³/mol. The lowest BCUT2D eigenvalue weighted by atomic mass is 10.1. The van der Waals surface area contributed by atoms with Crippen LogP contribution in [0.2, 0.25) is 5.02 Å². The molecule has 3 aromatic rings. The number of nitrogens with one attached hydrogen (secondary N) is 2. The first kappa shape index (κ1) is 22.2. The summed E-state index contributed by atoms with van der Waals surface area (Å²) in [5, 5.41) is 4.90. The fourth-order valence-corrected chi connectivity index (χ4v) is 2.81. The summed E-state index contributed by atoms with van der Waals surface area (Å²) in [6.07, 6.45) is -0.764. The molecule has 160 valence electrons. The van der Waals surface area contributed by atoms with Crippen LogP contribution in [0.3, 0.4) is 0 Å². The number of rotatable bonds is 6. The fourth-order valence-electron chi connectivity index (χ4n) is 2.59. The number of carbonyl (C=O) groups is 2. The topological polar surface area (TPSA) is 71.3 Å². The first-order valence-electron chi connectivity index (χ1n) is 8.99. The van der Waals surface area contributed by atoms with Crippen LogP contribution in [0.4, 0.5) is 18.9 Å². The first-order chi connectivity index (χ1) is 14.7. The molecule has 2 amide bonds. The molecule has 0 aliphatic rings. The van der Waals surface area contributed by atoms with Gasteiger partial charge < -0.3 is 15.1 Å². The molecule has 0 radical (unpaired) electrons. The SMILES string of the molecule is O=C(/C=C/c1ccc(Cl)c(C(F)(F)F)c1)NCc1ccc(NC(=O)c2ccco2)cc1. The average molecular weight is 449 g/mol. The molecule has 0 aliphatic carbocycles. The van der Waals surface area contributed by atoms with E-state index in [1.54, 1.807) is 36.4 Å². The van der Waals surface area contributed by atoms with E-state index < -0.39 is 22.7 Å². The zero-order valence-electron chi connectivity index (χ0n) is 15.9. The van der Waals surface area contributed by atoms with Gasteiger partial charge >= 0.3 is 6.18 Å². The molecule has 31 heavy (non-hydrogen) atoms. The average Bonchev–Trinajstić information content (AvgIpc) is 3.27. The molecular formula is C22H16ClF3N2O3. The van der Waals surface area contributed by atoms with Crippen molar-refractivity contribution in [3.05, 3.63) is 94.4 Å². The van der Waals surface area contributed by atoms with E-state index in [4.69, 9.17) is 16.0 Å². The lowest BCUT2D eigenvalue weighted by molar-refractivity contribution is -0.137. The molecular weight excluding hydrogens is 433 g/mol. The summed E-state index contributed by atoms with van der Waals surface area (Å²) in [4.78, 5) is 23.9. The minimum atomic E-state index is -4.58. The maximum absolute atomic E-state index is 12.9. The first-order valence-corrected chi connectivity index (χ1v) is 9.36. The van der Waals surface area contributed by atoms with Crippen molar-refractivity contribution >= 4 is 35.2 Å². The Morgan fingerprint density at radius 2 is 1.81 bits per heavy atom. The molecule has 0 unspecified atom stereocenters. The van der Waals surface area contributed by atoms with Crippen molar-refractivity contribution in [2.75, 3.05) is 5.32 Å². The van der Waals surface area contributed by atoms with Gasteiger partial charge in [-0.25, -0.2) is 0 Å². The van der Waals surface area contributed by atoms with Crippen LogP contribution >= 0.6 is 11.6 Å². The van der Waals surface area contributed by atoms with Gasteiger partial charge in [-0.05, 0) is 53.6 Å². The zero-order chi connectivity index (χ0) is 22.4. The number of benzene rings is 2. The summed E-state index contributed by atoms with van der Waals surface area (Å²) in [5.41, 5.74) is 0.558. The Morgan fingerprint density at radius 1 is 1.06 bits per heavy atom. The highest BCUT2D eigenvalue weighted by molar-refractivity contribution is 6.31. The maximum Gasteiger partial charge on any atom is 0.417 e. The molecule has 0 saturated carbocycles. The van der Waals surface area contributed by atoms with Gasteiger partial charge in [0.2, 0.25) is 5.91 Å². The lowest BCUT2D eigenvalue weighted by Gasteiger charge is -2.09. The van der Waals surface area contributed by atoms with Crippen molar-refractivity contribution in [2.24, 2.45) is 0 Å². The van der Waals surface area contributed by atoms with Crippen LogP contribution in [-0.4, -0.2) is 11.8 Å². The van der Waals surface area contributed by atoms with Crippen molar-refractivity contribution in [3.63, 3.8) is 0 Å². The third kappa shape index (κ3) is 6.23. The minimum Gasteiger partial charge on any atom is -0.459 e. The smallest absolute Gasteiger partial charge is 0.417 e. The second kappa shape index (κ2) is 9.53. The third-order valence-electron chi connectivity index (χ3n) is 4.15. The molecule has 5 nitrogen and oxygen atoms in total. The predicted octanol–water partition coefficient (Wildman–Crippen LogP) is 5.53. The standard InChI is InChI=1S/C22H16ClF3N2O3/c23-18-9-5-14(12-17(18)22(24,25)26)6-10-20(29)27-13-15-3-7-16(8-4-15)28-21(30)19-2-1-11-31-19/h1-12H,13H2,(H,27,29)(H,28,30)/b10-6+. The number of halogens is 4. The second-order valence-electron chi connectivity index (χ2n) is 6.42. The van der Waals surface area contributed by atoms with Gasteiger partial charge in [-0.3, -0.25) is 9.59 Å². The van der Waals surface area contributed by atoms with Gasteiger partial charge in [0.1, 0.15) is 0 Å². The third-order valence-corrected chi connectivity index (χ3v) is 4.48. The Hall–Kier alpha value is -3.52. The van der Waals surface area contributed by atoms with Gasteiger partial charge in [0.25, 0.3) is 5.91 Å². The number of amides is 2. The Morgan fingerprint density at radius 3 is 2.45 bits per heavy atom. The van der Waals surface area contributed by atoms with Crippen molar-refractivity contribution in [3.8, 4) is 0 Å². The molecule has 2 N–H and O–H groups in total. The molecule has 0 spiro atoms. The van der Waals surface area contributed by atoms with Crippen LogP contribution in [0, 0.1) is 0 Å². The Kier molecular flexibility index (Phi) is 6.81. The minimum absolute atomic E-state index is 0.186. The van der Waals surface area contributed by atoms with Crippen molar-refractivity contribution in [2.45, 2.75) is 12.7 Å². The number of anilines is 1. The van der Waals surface area contributed by atoms with Crippen molar-refractivity contribution in [1.29, 1.82) is 0 Å². The molecule has 1 aromatic heterocycles. The number of hydrogen-bond acceptors (Lipinski definition) is 3. The zero-order valence-corrected chi connectivity index (χ0v) is 16.6. The molecule has 0 fully saturated rings. The van der Waals surface area contributed by atoms with Crippen LogP contribution in [0.1, 0.15) is 27.2 Å². The van der Waals surface area contributed by atoms with E-state index >= 15 is 0 Å². The van der Waals surface area contributed by atoms with Gasteiger partial charge in [-0.1, -0.05) is 29.8 Å². The number of furan rings is 1. The molecule has 2 aromatic carbocycles.